The van der Waals surface area contributed by atoms with E-state index in [9.17, 15) is 19.7 Å². The van der Waals surface area contributed by atoms with E-state index in [4.69, 9.17) is 4.74 Å². The number of hydrogen-bond donors (Lipinski definition) is 0. The third-order valence-electron chi connectivity index (χ3n) is 5.86. The minimum absolute atomic E-state index is 0.113. The first kappa shape index (κ1) is 24.3. The molecule has 1 aromatic heterocycles. The fourth-order valence-corrected chi connectivity index (χ4v) is 4.90. The molecule has 182 valence electrons. The van der Waals surface area contributed by atoms with Crippen molar-refractivity contribution >= 4 is 45.4 Å². The van der Waals surface area contributed by atoms with Crippen molar-refractivity contribution in [1.82, 2.24) is 4.98 Å². The third kappa shape index (κ3) is 5.48. The summed E-state index contributed by atoms with van der Waals surface area (Å²) in [5.74, 6) is -0.831. The quantitative estimate of drug-likeness (QED) is 0.239. The van der Waals surface area contributed by atoms with Crippen LogP contribution in [-0.2, 0) is 22.6 Å². The molecular formula is C25H26N4O5S. The monoisotopic (exact) mass is 494 g/mol. The Hall–Kier alpha value is -3.79. The molecule has 0 aliphatic carbocycles. The van der Waals surface area contributed by atoms with E-state index in [1.807, 2.05) is 29.2 Å². The summed E-state index contributed by atoms with van der Waals surface area (Å²) in [7, 11) is 0. The highest BCUT2D eigenvalue weighted by molar-refractivity contribution is 7.14. The van der Waals surface area contributed by atoms with Crippen molar-refractivity contribution in [2.75, 3.05) is 22.9 Å². The van der Waals surface area contributed by atoms with Crippen LogP contribution in [0.25, 0.3) is 0 Å². The first-order chi connectivity index (χ1) is 16.9. The molecule has 10 heteroatoms. The van der Waals surface area contributed by atoms with Gasteiger partial charge in [0.15, 0.2) is 5.13 Å². The summed E-state index contributed by atoms with van der Waals surface area (Å²) in [6.45, 7) is 4.99. The third-order valence-corrected chi connectivity index (χ3v) is 6.73. The van der Waals surface area contributed by atoms with Gasteiger partial charge in [-0.15, -0.1) is 11.3 Å². The summed E-state index contributed by atoms with van der Waals surface area (Å²) >= 11 is 1.27. The normalized spacial score (nSPS) is 13.0. The molecule has 2 heterocycles. The summed E-state index contributed by atoms with van der Waals surface area (Å²) in [5.41, 5.74) is 3.00. The lowest BCUT2D eigenvalue weighted by Crippen LogP contribution is -2.22. The lowest BCUT2D eigenvalue weighted by atomic mass is 10.1. The Bertz CT molecular complexity index is 1230. The molecule has 2 aromatic carbocycles. The van der Waals surface area contributed by atoms with Crippen LogP contribution in [-0.4, -0.2) is 34.9 Å². The molecule has 35 heavy (non-hydrogen) atoms. The number of carbonyl (C=O) groups excluding carboxylic acids is 2. The molecule has 0 bridgehead atoms. The van der Waals surface area contributed by atoms with Gasteiger partial charge < -0.3 is 9.64 Å². The highest BCUT2D eigenvalue weighted by Crippen LogP contribution is 2.31. The molecule has 3 aromatic rings. The van der Waals surface area contributed by atoms with Gasteiger partial charge in [-0.2, -0.15) is 0 Å². The van der Waals surface area contributed by atoms with Crippen molar-refractivity contribution in [2.45, 2.75) is 39.7 Å². The van der Waals surface area contributed by atoms with Crippen LogP contribution in [0, 0.1) is 10.1 Å². The number of nitro groups is 1. The molecule has 9 nitrogen and oxygen atoms in total. The van der Waals surface area contributed by atoms with E-state index in [1.54, 1.807) is 11.4 Å². The van der Waals surface area contributed by atoms with Gasteiger partial charge in [0.05, 0.1) is 27.6 Å². The number of nitrogens with zero attached hydrogens (tertiary/aromatic N) is 4. The number of amides is 1. The second kappa shape index (κ2) is 10.6. The molecule has 1 amide bonds. The van der Waals surface area contributed by atoms with Crippen LogP contribution < -0.4 is 9.80 Å². The average molecular weight is 495 g/mol. The van der Waals surface area contributed by atoms with Gasteiger partial charge in [-0.05, 0) is 43.0 Å². The molecule has 0 N–H and O–H groups in total. The van der Waals surface area contributed by atoms with E-state index in [2.05, 4.69) is 11.9 Å². The van der Waals surface area contributed by atoms with Gasteiger partial charge >= 0.3 is 5.97 Å². The molecule has 0 unspecified atom stereocenters. The maximum Gasteiger partial charge on any atom is 0.340 e. The SMILES string of the molecule is CCc1ccc(N(C(C)=O)c2nc(COC(=O)c3cc([N+](=O)[O-])ccc3N3CCCC3)cs2)cc1. The number of ether oxygens (including phenoxy) is 1. The first-order valence-corrected chi connectivity index (χ1v) is 12.3. The number of rotatable bonds is 8. The van der Waals surface area contributed by atoms with Crippen LogP contribution in [0.15, 0.2) is 47.8 Å². The molecule has 1 fully saturated rings. The summed E-state index contributed by atoms with van der Waals surface area (Å²) in [6.07, 6.45) is 2.90. The van der Waals surface area contributed by atoms with Crippen molar-refractivity contribution in [3.05, 3.63) is 74.8 Å². The van der Waals surface area contributed by atoms with Crippen LogP contribution in [0.5, 0.6) is 0 Å². The van der Waals surface area contributed by atoms with Gasteiger partial charge in [0.1, 0.15) is 6.61 Å². The summed E-state index contributed by atoms with van der Waals surface area (Å²) < 4.78 is 5.49. The van der Waals surface area contributed by atoms with Crippen LogP contribution in [0.3, 0.4) is 0 Å². The lowest BCUT2D eigenvalue weighted by molar-refractivity contribution is -0.384. The minimum atomic E-state index is -0.649. The highest BCUT2D eigenvalue weighted by Gasteiger charge is 2.24. The molecule has 0 saturated carbocycles. The van der Waals surface area contributed by atoms with Crippen molar-refractivity contribution < 1.29 is 19.2 Å². The predicted molar refractivity (Wildman–Crippen MR) is 134 cm³/mol. The number of esters is 1. The van der Waals surface area contributed by atoms with Crippen LogP contribution in [0.4, 0.5) is 22.2 Å². The van der Waals surface area contributed by atoms with Gasteiger partial charge in [-0.1, -0.05) is 19.1 Å². The van der Waals surface area contributed by atoms with Crippen LogP contribution >= 0.6 is 11.3 Å². The Morgan fingerprint density at radius 1 is 1.17 bits per heavy atom. The standard InChI is InChI=1S/C25H26N4O5S/c1-3-18-6-8-20(9-7-18)28(17(2)30)25-26-19(16-35-25)15-34-24(31)22-14-21(29(32)33)10-11-23(22)27-12-4-5-13-27/h6-11,14,16H,3-5,12-13,15H2,1-2H3. The van der Waals surface area contributed by atoms with E-state index < -0.39 is 10.9 Å². The smallest absolute Gasteiger partial charge is 0.340 e. The summed E-state index contributed by atoms with van der Waals surface area (Å²) in [4.78, 5) is 44.1. The number of anilines is 3. The van der Waals surface area contributed by atoms with E-state index in [0.29, 0.717) is 22.2 Å². The topological polar surface area (TPSA) is 106 Å². The van der Waals surface area contributed by atoms with E-state index >= 15 is 0 Å². The second-order valence-corrected chi connectivity index (χ2v) is 9.06. The number of hydrogen-bond acceptors (Lipinski definition) is 8. The molecular weight excluding hydrogens is 468 g/mol. The zero-order chi connectivity index (χ0) is 24.9. The maximum atomic E-state index is 12.9. The number of carbonyl (C=O) groups is 2. The number of benzene rings is 2. The molecule has 1 aliphatic rings. The molecule has 1 saturated heterocycles. The van der Waals surface area contributed by atoms with Gasteiger partial charge in [0, 0.05) is 37.5 Å². The van der Waals surface area contributed by atoms with E-state index in [-0.39, 0.29) is 23.8 Å². The largest absolute Gasteiger partial charge is 0.455 e. The highest BCUT2D eigenvalue weighted by atomic mass is 32.1. The Kier molecular flexibility index (Phi) is 7.40. The lowest BCUT2D eigenvalue weighted by Gasteiger charge is -2.20. The summed E-state index contributed by atoms with van der Waals surface area (Å²) in [6, 6.07) is 12.0. The van der Waals surface area contributed by atoms with Crippen LogP contribution in [0.1, 0.15) is 48.3 Å². The molecule has 1 aliphatic heterocycles. The fraction of sp³-hybridized carbons (Fsp3) is 0.320. The van der Waals surface area contributed by atoms with E-state index in [0.717, 1.165) is 32.4 Å². The number of non-ortho nitro benzene ring substituents is 1. The second-order valence-electron chi connectivity index (χ2n) is 8.22. The minimum Gasteiger partial charge on any atom is -0.455 e. The Labute approximate surface area is 207 Å². The van der Waals surface area contributed by atoms with Gasteiger partial charge in [-0.3, -0.25) is 19.8 Å². The molecule has 0 spiro atoms. The van der Waals surface area contributed by atoms with Crippen molar-refractivity contribution in [3.8, 4) is 0 Å². The summed E-state index contributed by atoms with van der Waals surface area (Å²) in [5, 5.41) is 13.5. The molecule has 4 rings (SSSR count). The zero-order valence-electron chi connectivity index (χ0n) is 19.6. The Morgan fingerprint density at radius 3 is 2.51 bits per heavy atom. The van der Waals surface area contributed by atoms with Gasteiger partial charge in [0.2, 0.25) is 5.91 Å². The first-order valence-electron chi connectivity index (χ1n) is 11.4. The number of aryl methyl sites for hydroxylation is 1. The van der Waals surface area contributed by atoms with Crippen molar-refractivity contribution in [1.29, 1.82) is 0 Å². The number of nitro benzene ring substituents is 1. The number of thiazole rings is 1. The fourth-order valence-electron chi connectivity index (χ4n) is 4.03. The number of aromatic nitrogens is 1. The van der Waals surface area contributed by atoms with Gasteiger partial charge in [-0.25, -0.2) is 9.78 Å². The van der Waals surface area contributed by atoms with E-state index in [1.165, 1.54) is 40.9 Å². The van der Waals surface area contributed by atoms with Crippen molar-refractivity contribution in [2.24, 2.45) is 0 Å². The van der Waals surface area contributed by atoms with Crippen molar-refractivity contribution in [3.63, 3.8) is 0 Å². The van der Waals surface area contributed by atoms with Gasteiger partial charge in [0.25, 0.3) is 5.69 Å². The zero-order valence-corrected chi connectivity index (χ0v) is 20.4. The molecule has 0 atom stereocenters. The predicted octanol–water partition coefficient (Wildman–Crippen LogP) is 5.26. The molecule has 0 radical (unpaired) electrons. The Morgan fingerprint density at radius 2 is 1.89 bits per heavy atom. The average Bonchev–Trinajstić information content (AvgIpc) is 3.55. The maximum absolute atomic E-state index is 12.9. The Balaban J connectivity index is 1.51. The van der Waals surface area contributed by atoms with Crippen LogP contribution in [0.2, 0.25) is 0 Å².